The number of ether oxygens (including phenoxy) is 1. The van der Waals surface area contributed by atoms with Gasteiger partial charge in [0, 0.05) is 17.8 Å². The summed E-state index contributed by atoms with van der Waals surface area (Å²) in [5, 5.41) is 11.0. The van der Waals surface area contributed by atoms with Crippen LogP contribution in [0.1, 0.15) is 24.1 Å². The fourth-order valence-electron chi connectivity index (χ4n) is 2.39. The second kappa shape index (κ2) is 7.84. The smallest absolute Gasteiger partial charge is 0.416 e. The highest BCUT2D eigenvalue weighted by molar-refractivity contribution is 6.29. The van der Waals surface area contributed by atoms with Crippen molar-refractivity contribution in [2.24, 2.45) is 0 Å². The predicted octanol–water partition coefficient (Wildman–Crippen LogP) is 6.11. The lowest BCUT2D eigenvalue weighted by Gasteiger charge is -2.17. The Balaban J connectivity index is 1.62. The first-order chi connectivity index (χ1) is 12.8. The average Bonchev–Trinajstić information content (AvgIpc) is 2.64. The maximum absolute atomic E-state index is 12.6. The van der Waals surface area contributed by atoms with Crippen molar-refractivity contribution >= 4 is 17.3 Å². The standard InChI is InChI=1S/C19H15ClF3N3O/c1-12(13-2-4-14(5-3-13)19(21,22)23)24-15-6-8-16(9-7-15)27-18-11-10-17(20)25-26-18/h2-12,24H,1H3. The fourth-order valence-corrected chi connectivity index (χ4v) is 2.49. The molecule has 2 aromatic carbocycles. The molecule has 3 aromatic rings. The molecule has 1 atom stereocenters. The molecule has 0 spiro atoms. The third-order valence-corrected chi connectivity index (χ3v) is 4.01. The molecule has 27 heavy (non-hydrogen) atoms. The summed E-state index contributed by atoms with van der Waals surface area (Å²) >= 11 is 5.67. The summed E-state index contributed by atoms with van der Waals surface area (Å²) in [6.45, 7) is 1.87. The van der Waals surface area contributed by atoms with Crippen LogP contribution >= 0.6 is 11.6 Å². The van der Waals surface area contributed by atoms with Gasteiger partial charge >= 0.3 is 6.18 Å². The molecule has 0 amide bonds. The van der Waals surface area contributed by atoms with Crippen LogP contribution < -0.4 is 10.1 Å². The SMILES string of the molecule is CC(Nc1ccc(Oc2ccc(Cl)nn2)cc1)c1ccc(C(F)(F)F)cc1. The van der Waals surface area contributed by atoms with Crippen molar-refractivity contribution in [1.29, 1.82) is 0 Å². The van der Waals surface area contributed by atoms with Crippen molar-refractivity contribution in [2.45, 2.75) is 19.1 Å². The summed E-state index contributed by atoms with van der Waals surface area (Å²) in [4.78, 5) is 0. The van der Waals surface area contributed by atoms with Crippen LogP contribution in [0.25, 0.3) is 0 Å². The van der Waals surface area contributed by atoms with Gasteiger partial charge in [-0.05, 0) is 55.0 Å². The molecule has 0 aliphatic rings. The van der Waals surface area contributed by atoms with E-state index < -0.39 is 11.7 Å². The van der Waals surface area contributed by atoms with Gasteiger partial charge in [-0.15, -0.1) is 10.2 Å². The maximum atomic E-state index is 12.6. The minimum absolute atomic E-state index is 0.166. The van der Waals surface area contributed by atoms with E-state index in [1.54, 1.807) is 36.4 Å². The van der Waals surface area contributed by atoms with Crippen molar-refractivity contribution in [3.05, 3.63) is 76.9 Å². The van der Waals surface area contributed by atoms with Gasteiger partial charge in [-0.1, -0.05) is 23.7 Å². The van der Waals surface area contributed by atoms with Crippen molar-refractivity contribution in [3.8, 4) is 11.6 Å². The number of nitrogens with zero attached hydrogens (tertiary/aromatic N) is 2. The summed E-state index contributed by atoms with van der Waals surface area (Å²) in [5.74, 6) is 0.887. The molecule has 0 radical (unpaired) electrons. The Hall–Kier alpha value is -2.80. The second-order valence-corrected chi connectivity index (χ2v) is 6.19. The molecular formula is C19H15ClF3N3O. The number of halogens is 4. The minimum Gasteiger partial charge on any atom is -0.438 e. The van der Waals surface area contributed by atoms with Gasteiger partial charge in [0.05, 0.1) is 5.56 Å². The van der Waals surface area contributed by atoms with E-state index in [9.17, 15) is 13.2 Å². The Labute approximate surface area is 159 Å². The topological polar surface area (TPSA) is 47.0 Å². The predicted molar refractivity (Wildman–Crippen MR) is 97.0 cm³/mol. The monoisotopic (exact) mass is 393 g/mol. The normalized spacial score (nSPS) is 12.5. The van der Waals surface area contributed by atoms with Crippen LogP contribution in [0.5, 0.6) is 11.6 Å². The van der Waals surface area contributed by atoms with Crippen LogP contribution in [0.2, 0.25) is 5.15 Å². The Morgan fingerprint density at radius 1 is 0.926 bits per heavy atom. The van der Waals surface area contributed by atoms with Crippen LogP contribution in [-0.2, 0) is 6.18 Å². The maximum Gasteiger partial charge on any atom is 0.416 e. The molecule has 0 saturated heterocycles. The number of anilines is 1. The Bertz CT molecular complexity index is 882. The van der Waals surface area contributed by atoms with E-state index in [0.29, 0.717) is 11.6 Å². The number of benzene rings is 2. The lowest BCUT2D eigenvalue weighted by Crippen LogP contribution is -2.08. The Morgan fingerprint density at radius 2 is 1.59 bits per heavy atom. The highest BCUT2D eigenvalue weighted by Gasteiger charge is 2.30. The van der Waals surface area contributed by atoms with Crippen LogP contribution in [-0.4, -0.2) is 10.2 Å². The van der Waals surface area contributed by atoms with E-state index >= 15 is 0 Å². The number of alkyl halides is 3. The first kappa shape index (κ1) is 19.0. The lowest BCUT2D eigenvalue weighted by molar-refractivity contribution is -0.137. The van der Waals surface area contributed by atoms with Gasteiger partial charge < -0.3 is 10.1 Å². The summed E-state index contributed by atoms with van der Waals surface area (Å²) in [7, 11) is 0. The molecule has 1 heterocycles. The van der Waals surface area contributed by atoms with E-state index in [4.69, 9.17) is 16.3 Å². The van der Waals surface area contributed by atoms with Gasteiger partial charge in [0.2, 0.25) is 5.88 Å². The average molecular weight is 394 g/mol. The van der Waals surface area contributed by atoms with Crippen molar-refractivity contribution in [1.82, 2.24) is 10.2 Å². The Kier molecular flexibility index (Phi) is 5.51. The molecule has 3 rings (SSSR count). The van der Waals surface area contributed by atoms with Crippen LogP contribution in [0.4, 0.5) is 18.9 Å². The molecule has 0 aliphatic heterocycles. The highest BCUT2D eigenvalue weighted by Crippen LogP contribution is 2.30. The minimum atomic E-state index is -4.33. The molecule has 1 unspecified atom stereocenters. The first-order valence-corrected chi connectivity index (χ1v) is 8.40. The van der Waals surface area contributed by atoms with Crippen LogP contribution in [0, 0.1) is 0 Å². The third-order valence-electron chi connectivity index (χ3n) is 3.81. The zero-order valence-electron chi connectivity index (χ0n) is 14.2. The highest BCUT2D eigenvalue weighted by atomic mass is 35.5. The quantitative estimate of drug-likeness (QED) is 0.567. The van der Waals surface area contributed by atoms with Crippen molar-refractivity contribution < 1.29 is 17.9 Å². The summed E-state index contributed by atoms with van der Waals surface area (Å²) in [6, 6.07) is 15.2. The van der Waals surface area contributed by atoms with Crippen LogP contribution in [0.3, 0.4) is 0 Å². The molecule has 0 bridgehead atoms. The molecule has 140 valence electrons. The van der Waals surface area contributed by atoms with Crippen LogP contribution in [0.15, 0.2) is 60.7 Å². The number of rotatable bonds is 5. The second-order valence-electron chi connectivity index (χ2n) is 5.81. The number of hydrogen-bond acceptors (Lipinski definition) is 4. The van der Waals surface area contributed by atoms with E-state index in [1.807, 2.05) is 6.92 Å². The van der Waals surface area contributed by atoms with Gasteiger partial charge in [0.1, 0.15) is 5.75 Å². The van der Waals surface area contributed by atoms with Gasteiger partial charge in [0.15, 0.2) is 5.15 Å². The largest absolute Gasteiger partial charge is 0.438 e. The van der Waals surface area contributed by atoms with Crippen molar-refractivity contribution in [2.75, 3.05) is 5.32 Å². The zero-order valence-corrected chi connectivity index (χ0v) is 14.9. The van der Waals surface area contributed by atoms with E-state index in [1.165, 1.54) is 12.1 Å². The number of aromatic nitrogens is 2. The summed E-state index contributed by atoms with van der Waals surface area (Å²) in [5.41, 5.74) is 0.891. The number of hydrogen-bond donors (Lipinski definition) is 1. The zero-order chi connectivity index (χ0) is 19.4. The molecule has 4 nitrogen and oxygen atoms in total. The molecular weight excluding hydrogens is 379 g/mol. The van der Waals surface area contributed by atoms with Gasteiger partial charge in [-0.3, -0.25) is 0 Å². The fraction of sp³-hybridized carbons (Fsp3) is 0.158. The molecule has 8 heteroatoms. The van der Waals surface area contributed by atoms with E-state index in [-0.39, 0.29) is 11.2 Å². The third kappa shape index (κ3) is 5.10. The Morgan fingerprint density at radius 3 is 2.15 bits per heavy atom. The van der Waals surface area contributed by atoms with Gasteiger partial charge in [-0.25, -0.2) is 0 Å². The van der Waals surface area contributed by atoms with Gasteiger partial charge in [-0.2, -0.15) is 13.2 Å². The molecule has 0 fully saturated rings. The first-order valence-electron chi connectivity index (χ1n) is 8.02. The summed E-state index contributed by atoms with van der Waals surface area (Å²) < 4.78 is 43.5. The lowest BCUT2D eigenvalue weighted by atomic mass is 10.1. The molecule has 1 aromatic heterocycles. The molecule has 0 aliphatic carbocycles. The van der Waals surface area contributed by atoms with Crippen molar-refractivity contribution in [3.63, 3.8) is 0 Å². The summed E-state index contributed by atoms with van der Waals surface area (Å²) in [6.07, 6.45) is -4.33. The van der Waals surface area contributed by atoms with Gasteiger partial charge in [0.25, 0.3) is 0 Å². The van der Waals surface area contributed by atoms with E-state index in [2.05, 4.69) is 15.5 Å². The number of nitrogens with one attached hydrogen (secondary N) is 1. The molecule has 0 saturated carbocycles. The van der Waals surface area contributed by atoms with E-state index in [0.717, 1.165) is 23.4 Å². The molecule has 1 N–H and O–H groups in total.